The van der Waals surface area contributed by atoms with Crippen molar-refractivity contribution in [1.82, 2.24) is 10.2 Å². The zero-order chi connectivity index (χ0) is 27.3. The zero-order valence-corrected chi connectivity index (χ0v) is 20.6. The molecule has 1 N–H and O–H groups in total. The summed E-state index contributed by atoms with van der Waals surface area (Å²) in [6.07, 6.45) is -4.06. The van der Waals surface area contributed by atoms with Gasteiger partial charge in [0, 0.05) is 12.8 Å². The van der Waals surface area contributed by atoms with Gasteiger partial charge < -0.3 is 10.1 Å². The summed E-state index contributed by atoms with van der Waals surface area (Å²) in [5.41, 5.74) is -1.58. The van der Waals surface area contributed by atoms with Crippen LogP contribution in [0.5, 0.6) is 0 Å². The van der Waals surface area contributed by atoms with E-state index in [-0.39, 0.29) is 24.2 Å². The van der Waals surface area contributed by atoms with Gasteiger partial charge in [-0.15, -0.1) is 0 Å². The first kappa shape index (κ1) is 26.7. The van der Waals surface area contributed by atoms with Crippen LogP contribution in [0.15, 0.2) is 84.9 Å². The number of alkyl halides is 2. The molecule has 196 valence electrons. The van der Waals surface area contributed by atoms with Gasteiger partial charge in [-0.25, -0.2) is 13.6 Å². The molecule has 0 aliphatic carbocycles. The van der Waals surface area contributed by atoms with Crippen LogP contribution in [0, 0.1) is 0 Å². The van der Waals surface area contributed by atoms with Crippen molar-refractivity contribution >= 4 is 23.7 Å². The van der Waals surface area contributed by atoms with Gasteiger partial charge in [-0.05, 0) is 30.2 Å². The number of rotatable bonds is 10. The number of fused-ring (bicyclic) bond motifs is 1. The van der Waals surface area contributed by atoms with Crippen LogP contribution in [-0.2, 0) is 27.2 Å². The number of esters is 1. The number of amides is 3. The molecule has 4 rings (SSSR count). The zero-order valence-electron chi connectivity index (χ0n) is 20.6. The van der Waals surface area contributed by atoms with E-state index in [1.165, 1.54) is 19.1 Å². The van der Waals surface area contributed by atoms with E-state index in [1.54, 1.807) is 72.8 Å². The van der Waals surface area contributed by atoms with Crippen LogP contribution < -0.4 is 5.32 Å². The normalized spacial score (nSPS) is 15.1. The summed E-state index contributed by atoms with van der Waals surface area (Å²) >= 11 is 0. The largest absolute Gasteiger partial charge is 0.464 e. The first-order valence-corrected chi connectivity index (χ1v) is 12.1. The van der Waals surface area contributed by atoms with Gasteiger partial charge in [-0.2, -0.15) is 0 Å². The second-order valence-electron chi connectivity index (χ2n) is 8.88. The monoisotopic (exact) mass is 520 g/mol. The second-order valence-corrected chi connectivity index (χ2v) is 8.88. The maximum atomic E-state index is 14.7. The molecule has 2 atom stereocenters. The van der Waals surface area contributed by atoms with Crippen LogP contribution in [0.2, 0.25) is 0 Å². The van der Waals surface area contributed by atoms with E-state index >= 15 is 0 Å². The van der Waals surface area contributed by atoms with Crippen molar-refractivity contribution in [1.29, 1.82) is 0 Å². The maximum Gasteiger partial charge on any atom is 0.338 e. The molecule has 0 radical (unpaired) electrons. The van der Waals surface area contributed by atoms with Crippen molar-refractivity contribution in [3.8, 4) is 0 Å². The average Bonchev–Trinajstić information content (AvgIpc) is 3.17. The van der Waals surface area contributed by atoms with Crippen molar-refractivity contribution in [2.75, 3.05) is 6.61 Å². The third-order valence-electron chi connectivity index (χ3n) is 6.40. The summed E-state index contributed by atoms with van der Waals surface area (Å²) in [5.74, 6) is -3.83. The van der Waals surface area contributed by atoms with E-state index in [0.717, 1.165) is 4.90 Å². The summed E-state index contributed by atoms with van der Waals surface area (Å²) in [5, 5.41) is 2.22. The fourth-order valence-corrected chi connectivity index (χ4v) is 4.50. The van der Waals surface area contributed by atoms with Crippen LogP contribution >= 0.6 is 0 Å². The Morgan fingerprint density at radius 1 is 0.842 bits per heavy atom. The van der Waals surface area contributed by atoms with E-state index in [4.69, 9.17) is 4.74 Å². The van der Waals surface area contributed by atoms with Crippen molar-refractivity contribution in [2.24, 2.45) is 0 Å². The van der Waals surface area contributed by atoms with Crippen molar-refractivity contribution in [3.63, 3.8) is 0 Å². The molecule has 0 bridgehead atoms. The Bertz CT molecular complexity index is 1300. The van der Waals surface area contributed by atoms with Gasteiger partial charge in [-0.1, -0.05) is 72.8 Å². The highest BCUT2D eigenvalue weighted by Gasteiger charge is 2.52. The highest BCUT2D eigenvalue weighted by molar-refractivity contribution is 6.23. The van der Waals surface area contributed by atoms with Gasteiger partial charge in [0.25, 0.3) is 18.2 Å². The molecule has 7 nitrogen and oxygen atoms in total. The molecule has 1 heterocycles. The standard InChI is InChI=1S/C29H26F2N2O5/c1-2-38-28(37)29(27(30)31,18-20-13-7-4-8-14-20)32-24(34)23(17-19-11-5-3-6-12-19)33-25(35)21-15-9-10-16-22(21)26(33)36/h3-16,23,27H,2,17-18H2,1H3,(H,32,34)/t23-,29+/m0/s1. The van der Waals surface area contributed by atoms with Gasteiger partial charge >= 0.3 is 5.97 Å². The number of ether oxygens (including phenoxy) is 1. The number of carbonyl (C=O) groups is 4. The lowest BCUT2D eigenvalue weighted by atomic mass is 9.90. The van der Waals surface area contributed by atoms with Crippen molar-refractivity contribution < 1.29 is 32.7 Å². The van der Waals surface area contributed by atoms with E-state index in [9.17, 15) is 28.0 Å². The fourth-order valence-electron chi connectivity index (χ4n) is 4.50. The predicted octanol–water partition coefficient (Wildman–Crippen LogP) is 3.82. The van der Waals surface area contributed by atoms with Crippen molar-refractivity contribution in [3.05, 3.63) is 107 Å². The molecule has 0 aromatic heterocycles. The average molecular weight is 521 g/mol. The number of nitrogens with one attached hydrogen (secondary N) is 1. The lowest BCUT2D eigenvalue weighted by Gasteiger charge is -2.34. The summed E-state index contributed by atoms with van der Waals surface area (Å²) in [6, 6.07) is 21.2. The quantitative estimate of drug-likeness (QED) is 0.324. The number of hydrogen-bond donors (Lipinski definition) is 1. The number of hydrogen-bond acceptors (Lipinski definition) is 5. The Kier molecular flexibility index (Phi) is 7.95. The molecule has 9 heteroatoms. The minimum atomic E-state index is -3.36. The third-order valence-corrected chi connectivity index (χ3v) is 6.40. The Hall–Kier alpha value is -4.40. The number of halogens is 2. The molecule has 3 aromatic carbocycles. The summed E-state index contributed by atoms with van der Waals surface area (Å²) in [7, 11) is 0. The molecule has 0 unspecified atom stereocenters. The molecule has 3 amide bonds. The number of imide groups is 1. The minimum absolute atomic E-state index is 0.109. The molecule has 3 aromatic rings. The van der Waals surface area contributed by atoms with Crippen LogP contribution in [0.1, 0.15) is 38.8 Å². The number of benzene rings is 3. The summed E-state index contributed by atoms with van der Waals surface area (Å²) < 4.78 is 34.5. The van der Waals surface area contributed by atoms with Crippen LogP contribution in [0.25, 0.3) is 0 Å². The number of carbonyl (C=O) groups excluding carboxylic acids is 4. The second kappa shape index (κ2) is 11.3. The topological polar surface area (TPSA) is 92.8 Å². The molecule has 0 spiro atoms. The molecule has 1 aliphatic rings. The van der Waals surface area contributed by atoms with Crippen LogP contribution in [-0.4, -0.2) is 53.2 Å². The van der Waals surface area contributed by atoms with Gasteiger partial charge in [0.2, 0.25) is 11.4 Å². The first-order chi connectivity index (χ1) is 18.3. The molecule has 0 saturated carbocycles. The molecular weight excluding hydrogens is 494 g/mol. The van der Waals surface area contributed by atoms with E-state index in [0.29, 0.717) is 11.1 Å². The van der Waals surface area contributed by atoms with E-state index in [2.05, 4.69) is 5.32 Å². The van der Waals surface area contributed by atoms with Crippen LogP contribution in [0.4, 0.5) is 8.78 Å². The first-order valence-electron chi connectivity index (χ1n) is 12.1. The molecule has 0 fully saturated rings. The van der Waals surface area contributed by atoms with Gasteiger partial charge in [-0.3, -0.25) is 19.3 Å². The lowest BCUT2D eigenvalue weighted by Crippen LogP contribution is -2.65. The smallest absolute Gasteiger partial charge is 0.338 e. The Labute approximate surface area is 218 Å². The summed E-state index contributed by atoms with van der Waals surface area (Å²) in [4.78, 5) is 54.1. The van der Waals surface area contributed by atoms with Gasteiger partial charge in [0.05, 0.1) is 17.7 Å². The number of nitrogens with zero attached hydrogens (tertiary/aromatic N) is 1. The van der Waals surface area contributed by atoms with E-state index < -0.39 is 48.1 Å². The maximum absolute atomic E-state index is 14.7. The lowest BCUT2D eigenvalue weighted by molar-refractivity contribution is -0.161. The molecule has 38 heavy (non-hydrogen) atoms. The molecule has 0 saturated heterocycles. The Morgan fingerprint density at radius 2 is 1.34 bits per heavy atom. The Morgan fingerprint density at radius 3 is 1.84 bits per heavy atom. The van der Waals surface area contributed by atoms with Gasteiger partial charge in [0.15, 0.2) is 0 Å². The fraction of sp³-hybridized carbons (Fsp3) is 0.241. The third kappa shape index (κ3) is 5.18. The molecule has 1 aliphatic heterocycles. The highest BCUT2D eigenvalue weighted by Crippen LogP contribution is 2.29. The molecular formula is C29H26F2N2O5. The SMILES string of the molecule is CCOC(=O)[C@](Cc1ccccc1)(NC(=O)[C@H](Cc1ccccc1)N1C(=O)c2ccccc2C1=O)C(F)F. The Balaban J connectivity index is 1.75. The predicted molar refractivity (Wildman–Crippen MR) is 135 cm³/mol. The van der Waals surface area contributed by atoms with E-state index in [1.807, 2.05) is 0 Å². The summed E-state index contributed by atoms with van der Waals surface area (Å²) in [6.45, 7) is 1.28. The van der Waals surface area contributed by atoms with Gasteiger partial charge in [0.1, 0.15) is 6.04 Å². The minimum Gasteiger partial charge on any atom is -0.464 e. The van der Waals surface area contributed by atoms with Crippen molar-refractivity contribution in [2.45, 2.75) is 37.8 Å². The van der Waals surface area contributed by atoms with Crippen LogP contribution in [0.3, 0.4) is 0 Å². The highest BCUT2D eigenvalue weighted by atomic mass is 19.3.